The van der Waals surface area contributed by atoms with Crippen molar-refractivity contribution in [2.24, 2.45) is 0 Å². The maximum absolute atomic E-state index is 6.25. The summed E-state index contributed by atoms with van der Waals surface area (Å²) >= 11 is 0. The van der Waals surface area contributed by atoms with Gasteiger partial charge < -0.3 is 8.23 Å². The fourth-order valence-electron chi connectivity index (χ4n) is 1.40. The quantitative estimate of drug-likeness (QED) is 0.601. The zero-order valence-corrected chi connectivity index (χ0v) is 14.7. The molecule has 0 atom stereocenters. The molecule has 0 heterocycles. The highest BCUT2D eigenvalue weighted by Gasteiger charge is 2.42. The molecule has 0 aromatic heterocycles. The van der Waals surface area contributed by atoms with Crippen molar-refractivity contribution >= 4 is 25.2 Å². The molecule has 0 aliphatic rings. The molecule has 18 heavy (non-hydrogen) atoms. The largest absolute Gasteiger partial charge is 0.431 e. The van der Waals surface area contributed by atoms with Crippen molar-refractivity contribution in [1.82, 2.24) is 0 Å². The molecular formula is C13H24O2Si3. The molecule has 0 aromatic carbocycles. The van der Waals surface area contributed by atoms with Crippen LogP contribution in [0.15, 0.2) is 61.4 Å². The van der Waals surface area contributed by atoms with Crippen LogP contribution >= 0.6 is 0 Å². The Balaban J connectivity index is 5.43. The lowest BCUT2D eigenvalue weighted by Crippen LogP contribution is -2.53. The molecule has 0 aliphatic carbocycles. The Morgan fingerprint density at radius 2 is 1.06 bits per heavy atom. The van der Waals surface area contributed by atoms with E-state index >= 15 is 0 Å². The van der Waals surface area contributed by atoms with E-state index in [9.17, 15) is 0 Å². The molecule has 0 saturated heterocycles. The van der Waals surface area contributed by atoms with E-state index in [-0.39, 0.29) is 0 Å². The Labute approximate surface area is 115 Å². The first-order chi connectivity index (χ1) is 8.22. The SMILES string of the molecule is C=C[Si](C=C)(C=C)O[Si](C=C)(C=C)O[Si](C)(C)C. The first kappa shape index (κ1) is 17.3. The van der Waals surface area contributed by atoms with Crippen molar-refractivity contribution in [1.29, 1.82) is 0 Å². The second kappa shape index (κ2) is 6.44. The van der Waals surface area contributed by atoms with Gasteiger partial charge in [0.05, 0.1) is 0 Å². The summed E-state index contributed by atoms with van der Waals surface area (Å²) in [5.74, 6) is 0. The summed E-state index contributed by atoms with van der Waals surface area (Å²) in [7, 11) is -6.79. The molecule has 0 rings (SSSR count). The van der Waals surface area contributed by atoms with E-state index < -0.39 is 25.2 Å². The van der Waals surface area contributed by atoms with Crippen LogP contribution in [-0.4, -0.2) is 25.2 Å². The Kier molecular flexibility index (Phi) is 6.18. The molecule has 2 nitrogen and oxygen atoms in total. The summed E-state index contributed by atoms with van der Waals surface area (Å²) in [6.07, 6.45) is 0. The number of hydrogen-bond acceptors (Lipinski definition) is 2. The van der Waals surface area contributed by atoms with Gasteiger partial charge in [-0.1, -0.05) is 17.1 Å². The van der Waals surface area contributed by atoms with Crippen LogP contribution in [0.5, 0.6) is 0 Å². The lowest BCUT2D eigenvalue weighted by Gasteiger charge is -2.37. The van der Waals surface area contributed by atoms with Gasteiger partial charge in [0.15, 0.2) is 8.32 Å². The molecule has 100 valence electrons. The van der Waals surface area contributed by atoms with Gasteiger partial charge in [-0.3, -0.25) is 0 Å². The van der Waals surface area contributed by atoms with E-state index in [1.54, 1.807) is 28.5 Å². The average molecular weight is 297 g/mol. The standard InChI is InChI=1S/C13H24O2Si3/c1-9-17(10-2,11-3)15-18(12-4,13-5)14-16(6,7)8/h9-13H,1-5H2,6-8H3. The fraction of sp³-hybridized carbons (Fsp3) is 0.231. The molecule has 0 amide bonds. The van der Waals surface area contributed by atoms with Crippen LogP contribution in [0, 0.1) is 0 Å². The fourth-order valence-corrected chi connectivity index (χ4v) is 11.0. The third kappa shape index (κ3) is 4.51. The summed E-state index contributed by atoms with van der Waals surface area (Å²) in [4.78, 5) is 0. The Morgan fingerprint density at radius 3 is 1.28 bits per heavy atom. The molecule has 0 unspecified atom stereocenters. The lowest BCUT2D eigenvalue weighted by molar-refractivity contribution is 0.417. The molecule has 0 aliphatic heterocycles. The zero-order chi connectivity index (χ0) is 14.4. The maximum atomic E-state index is 6.25. The summed E-state index contributed by atoms with van der Waals surface area (Å²) < 4.78 is 12.4. The number of rotatable bonds is 9. The summed E-state index contributed by atoms with van der Waals surface area (Å²) in [5.41, 5.74) is 8.88. The molecule has 0 bridgehead atoms. The van der Waals surface area contributed by atoms with Crippen molar-refractivity contribution < 1.29 is 8.23 Å². The van der Waals surface area contributed by atoms with E-state index in [2.05, 4.69) is 52.5 Å². The monoisotopic (exact) mass is 296 g/mol. The minimum Gasteiger partial charge on any atom is -0.431 e. The molecule has 5 heteroatoms. The number of hydrogen-bond donors (Lipinski definition) is 0. The topological polar surface area (TPSA) is 18.5 Å². The average Bonchev–Trinajstić information content (AvgIpc) is 2.33. The van der Waals surface area contributed by atoms with E-state index in [0.717, 1.165) is 0 Å². The van der Waals surface area contributed by atoms with Crippen LogP contribution < -0.4 is 0 Å². The smallest absolute Gasteiger partial charge is 0.371 e. The van der Waals surface area contributed by atoms with Gasteiger partial charge in [0.25, 0.3) is 8.32 Å². The normalized spacial score (nSPS) is 12.6. The Morgan fingerprint density at radius 1 is 0.667 bits per heavy atom. The van der Waals surface area contributed by atoms with Gasteiger partial charge in [-0.05, 0) is 31.0 Å². The Bertz CT molecular complexity index is 326. The zero-order valence-electron chi connectivity index (χ0n) is 11.7. The van der Waals surface area contributed by atoms with Gasteiger partial charge in [0.1, 0.15) is 0 Å². The predicted octanol–water partition coefficient (Wildman–Crippen LogP) is 3.87. The second-order valence-electron chi connectivity index (χ2n) is 4.91. The third-order valence-corrected chi connectivity index (χ3v) is 11.8. The molecule has 0 fully saturated rings. The van der Waals surface area contributed by atoms with Crippen LogP contribution in [0.3, 0.4) is 0 Å². The van der Waals surface area contributed by atoms with Gasteiger partial charge in [0.2, 0.25) is 0 Å². The van der Waals surface area contributed by atoms with Crippen molar-refractivity contribution in [3.63, 3.8) is 0 Å². The van der Waals surface area contributed by atoms with Gasteiger partial charge in [-0.25, -0.2) is 0 Å². The molecule has 0 saturated carbocycles. The van der Waals surface area contributed by atoms with E-state index in [4.69, 9.17) is 8.23 Å². The van der Waals surface area contributed by atoms with Gasteiger partial charge >= 0.3 is 8.56 Å². The highest BCUT2D eigenvalue weighted by Crippen LogP contribution is 2.24. The molecular weight excluding hydrogens is 272 g/mol. The van der Waals surface area contributed by atoms with Crippen molar-refractivity contribution in [2.45, 2.75) is 19.6 Å². The minimum atomic E-state index is -2.64. The molecule has 0 spiro atoms. The minimum absolute atomic E-state index is 1.76. The summed E-state index contributed by atoms with van der Waals surface area (Å²) in [6.45, 7) is 25.5. The molecule has 0 aromatic rings. The van der Waals surface area contributed by atoms with E-state index in [1.807, 2.05) is 0 Å². The second-order valence-corrected chi connectivity index (χ2v) is 16.0. The van der Waals surface area contributed by atoms with E-state index in [0.29, 0.717) is 0 Å². The molecule has 0 radical (unpaired) electrons. The van der Waals surface area contributed by atoms with E-state index in [1.165, 1.54) is 0 Å². The van der Waals surface area contributed by atoms with Crippen LogP contribution in [0.25, 0.3) is 0 Å². The molecule has 0 N–H and O–H groups in total. The van der Waals surface area contributed by atoms with Gasteiger partial charge in [0, 0.05) is 0 Å². The third-order valence-electron chi connectivity index (χ3n) is 2.33. The van der Waals surface area contributed by atoms with Crippen molar-refractivity contribution in [3.8, 4) is 0 Å². The lowest BCUT2D eigenvalue weighted by atomic mass is 11.2. The van der Waals surface area contributed by atoms with Gasteiger partial charge in [-0.2, -0.15) is 0 Å². The first-order valence-electron chi connectivity index (χ1n) is 5.80. The predicted molar refractivity (Wildman–Crippen MR) is 88.0 cm³/mol. The highest BCUT2D eigenvalue weighted by atomic mass is 28.5. The first-order valence-corrected chi connectivity index (χ1v) is 13.3. The van der Waals surface area contributed by atoms with Crippen molar-refractivity contribution in [2.75, 3.05) is 0 Å². The van der Waals surface area contributed by atoms with Crippen LogP contribution in [-0.2, 0) is 8.23 Å². The summed E-state index contributed by atoms with van der Waals surface area (Å²) in [5, 5.41) is 0. The van der Waals surface area contributed by atoms with Gasteiger partial charge in [-0.15, -0.1) is 32.9 Å². The van der Waals surface area contributed by atoms with Crippen LogP contribution in [0.4, 0.5) is 0 Å². The van der Waals surface area contributed by atoms with Crippen molar-refractivity contribution in [3.05, 3.63) is 61.4 Å². The summed E-state index contributed by atoms with van der Waals surface area (Å²) in [6, 6.07) is 0. The van der Waals surface area contributed by atoms with Crippen LogP contribution in [0.2, 0.25) is 19.6 Å². The highest BCUT2D eigenvalue weighted by molar-refractivity contribution is 6.98. The maximum Gasteiger partial charge on any atom is 0.371 e. The van der Waals surface area contributed by atoms with Crippen LogP contribution in [0.1, 0.15) is 0 Å². The Hall–Kier alpha value is -0.729.